The number of methoxy groups -OCH3 is 1. The van der Waals surface area contributed by atoms with Gasteiger partial charge in [0.25, 0.3) is 15.7 Å². The van der Waals surface area contributed by atoms with E-state index >= 15 is 0 Å². The molecule has 1 N–H and O–H groups in total. The molecule has 3 rings (SSSR count). The number of aryl methyl sites for hydroxylation is 1. The van der Waals surface area contributed by atoms with E-state index in [1.807, 2.05) is 19.1 Å². The summed E-state index contributed by atoms with van der Waals surface area (Å²) in [5.41, 5.74) is 0.801. The number of ether oxygens (including phenoxy) is 1. The van der Waals surface area contributed by atoms with E-state index < -0.39 is 33.4 Å². The number of halogens is 1. The summed E-state index contributed by atoms with van der Waals surface area (Å²) >= 11 is 3.39. The van der Waals surface area contributed by atoms with Crippen LogP contribution in [0.1, 0.15) is 37.8 Å². The first-order valence-electron chi connectivity index (χ1n) is 13.6. The Morgan fingerprint density at radius 3 is 2.30 bits per heavy atom. The van der Waals surface area contributed by atoms with Crippen molar-refractivity contribution in [1.29, 1.82) is 0 Å². The van der Waals surface area contributed by atoms with Crippen LogP contribution in [-0.2, 0) is 26.2 Å². The van der Waals surface area contributed by atoms with Crippen molar-refractivity contribution in [2.45, 2.75) is 51.1 Å². The summed E-state index contributed by atoms with van der Waals surface area (Å²) in [5.74, 6) is -0.540. The Bertz CT molecular complexity index is 1550. The second-order valence-electron chi connectivity index (χ2n) is 9.88. The molecule has 0 aliphatic rings. The highest BCUT2D eigenvalue weighted by molar-refractivity contribution is 9.10. The first-order valence-corrected chi connectivity index (χ1v) is 15.9. The third kappa shape index (κ3) is 8.54. The summed E-state index contributed by atoms with van der Waals surface area (Å²) in [4.78, 5) is 39.0. The van der Waals surface area contributed by atoms with Crippen molar-refractivity contribution < 1.29 is 27.7 Å². The third-order valence-electron chi connectivity index (χ3n) is 6.87. The number of nitro benzene ring substituents is 1. The number of amides is 2. The third-order valence-corrected chi connectivity index (χ3v) is 9.17. The van der Waals surface area contributed by atoms with E-state index in [2.05, 4.69) is 21.2 Å². The Morgan fingerprint density at radius 1 is 1.07 bits per heavy atom. The molecule has 0 saturated carbocycles. The number of anilines is 1. The minimum absolute atomic E-state index is 0.0426. The summed E-state index contributed by atoms with van der Waals surface area (Å²) in [6.07, 6.45) is 1.65. The SMILES string of the molecule is CCCCNC(=O)[C@@H](C)N(Cc1ccc(Br)cc1)C(=O)CN(c1ccc(OC)cc1)S(=O)(=O)c1ccc(C)c([N+](=O)[O-])c1. The van der Waals surface area contributed by atoms with Gasteiger partial charge in [-0.2, -0.15) is 0 Å². The molecule has 0 radical (unpaired) electrons. The fraction of sp³-hybridized carbons (Fsp3) is 0.333. The summed E-state index contributed by atoms with van der Waals surface area (Å²) < 4.78 is 35.0. The van der Waals surface area contributed by atoms with Gasteiger partial charge in [0.05, 0.1) is 22.6 Å². The lowest BCUT2D eigenvalue weighted by Gasteiger charge is -2.32. The molecule has 0 bridgehead atoms. The number of nitrogens with zero attached hydrogens (tertiary/aromatic N) is 3. The molecule has 230 valence electrons. The van der Waals surface area contributed by atoms with Crippen molar-refractivity contribution in [3.05, 3.63) is 92.4 Å². The van der Waals surface area contributed by atoms with Gasteiger partial charge in [0.2, 0.25) is 11.8 Å². The van der Waals surface area contributed by atoms with Crippen LogP contribution >= 0.6 is 15.9 Å². The van der Waals surface area contributed by atoms with Gasteiger partial charge in [0, 0.05) is 29.2 Å². The molecule has 3 aromatic carbocycles. The Hall–Kier alpha value is -3.97. The minimum Gasteiger partial charge on any atom is -0.497 e. The van der Waals surface area contributed by atoms with E-state index in [0.29, 0.717) is 17.9 Å². The zero-order valence-corrected chi connectivity index (χ0v) is 26.9. The monoisotopic (exact) mass is 674 g/mol. The van der Waals surface area contributed by atoms with E-state index in [0.717, 1.165) is 33.2 Å². The van der Waals surface area contributed by atoms with Gasteiger partial charge in [0.1, 0.15) is 18.3 Å². The van der Waals surface area contributed by atoms with E-state index in [1.54, 1.807) is 31.2 Å². The number of nitro groups is 1. The Morgan fingerprint density at radius 2 is 1.72 bits per heavy atom. The quantitative estimate of drug-likeness (QED) is 0.141. The number of carbonyl (C=O) groups excluding carboxylic acids is 2. The topological polar surface area (TPSA) is 139 Å². The predicted octanol–water partition coefficient (Wildman–Crippen LogP) is 5.20. The molecular weight excluding hydrogens is 640 g/mol. The molecule has 0 spiro atoms. The maximum atomic E-state index is 14.0. The molecular formula is C30H35BrN4O7S. The van der Waals surface area contributed by atoms with Crippen LogP contribution in [0, 0.1) is 17.0 Å². The minimum atomic E-state index is -4.48. The number of unbranched alkanes of at least 4 members (excludes halogenated alkanes) is 1. The summed E-state index contributed by atoms with van der Waals surface area (Å²) in [5, 5.41) is 14.4. The van der Waals surface area contributed by atoms with Crippen molar-refractivity contribution in [3.63, 3.8) is 0 Å². The standard InChI is InChI=1S/C30H35BrN4O7S/c1-5-6-17-32-30(37)22(3)33(19-23-8-10-24(31)11-9-23)29(36)20-34(25-12-14-26(42-4)15-13-25)43(40,41)27-16-7-21(2)28(18-27)35(38)39/h7-16,18,22H,5-6,17,19-20H2,1-4H3,(H,32,37)/t22-/m1/s1. The van der Waals surface area contributed by atoms with Gasteiger partial charge in [-0.15, -0.1) is 0 Å². The zero-order chi connectivity index (χ0) is 31.7. The van der Waals surface area contributed by atoms with Crippen LogP contribution in [0.25, 0.3) is 0 Å². The number of nitrogens with one attached hydrogen (secondary N) is 1. The fourth-order valence-electron chi connectivity index (χ4n) is 4.26. The zero-order valence-electron chi connectivity index (χ0n) is 24.4. The van der Waals surface area contributed by atoms with Crippen LogP contribution in [0.15, 0.2) is 76.1 Å². The number of hydrogen-bond donors (Lipinski definition) is 1. The van der Waals surface area contributed by atoms with Crippen molar-refractivity contribution in [2.75, 3.05) is 24.5 Å². The Kier molecular flexibility index (Phi) is 11.7. The molecule has 43 heavy (non-hydrogen) atoms. The van der Waals surface area contributed by atoms with Gasteiger partial charge in [0.15, 0.2) is 0 Å². The lowest BCUT2D eigenvalue weighted by Crippen LogP contribution is -2.51. The highest BCUT2D eigenvalue weighted by Crippen LogP contribution is 2.29. The molecule has 2 amide bonds. The normalized spacial score (nSPS) is 11.8. The van der Waals surface area contributed by atoms with Gasteiger partial charge in [-0.25, -0.2) is 8.42 Å². The van der Waals surface area contributed by atoms with Gasteiger partial charge in [-0.05, 0) is 68.3 Å². The lowest BCUT2D eigenvalue weighted by molar-refractivity contribution is -0.385. The van der Waals surface area contributed by atoms with Crippen LogP contribution in [0.2, 0.25) is 0 Å². The van der Waals surface area contributed by atoms with Crippen molar-refractivity contribution in [3.8, 4) is 5.75 Å². The van der Waals surface area contributed by atoms with Crippen LogP contribution in [0.5, 0.6) is 5.75 Å². The van der Waals surface area contributed by atoms with Crippen molar-refractivity contribution in [1.82, 2.24) is 10.2 Å². The average Bonchev–Trinajstić information content (AvgIpc) is 2.99. The second-order valence-corrected chi connectivity index (χ2v) is 12.7. The largest absolute Gasteiger partial charge is 0.497 e. The maximum Gasteiger partial charge on any atom is 0.273 e. The number of carbonyl (C=O) groups is 2. The molecule has 1 atom stereocenters. The molecule has 0 heterocycles. The smallest absolute Gasteiger partial charge is 0.273 e. The lowest BCUT2D eigenvalue weighted by atomic mass is 10.1. The summed E-state index contributed by atoms with van der Waals surface area (Å²) in [6.45, 7) is 4.91. The van der Waals surface area contributed by atoms with Crippen molar-refractivity contribution >= 4 is 49.1 Å². The number of rotatable bonds is 14. The molecule has 0 aromatic heterocycles. The molecule has 13 heteroatoms. The van der Waals surface area contributed by atoms with Gasteiger partial charge >= 0.3 is 0 Å². The van der Waals surface area contributed by atoms with E-state index in [1.165, 1.54) is 43.2 Å². The highest BCUT2D eigenvalue weighted by Gasteiger charge is 2.33. The van der Waals surface area contributed by atoms with E-state index in [-0.39, 0.29) is 28.7 Å². The Labute approximate surface area is 260 Å². The Balaban J connectivity index is 2.06. The molecule has 0 saturated heterocycles. The van der Waals surface area contributed by atoms with Gasteiger partial charge < -0.3 is 15.0 Å². The fourth-order valence-corrected chi connectivity index (χ4v) is 5.96. The van der Waals surface area contributed by atoms with Crippen molar-refractivity contribution in [2.24, 2.45) is 0 Å². The van der Waals surface area contributed by atoms with E-state index in [4.69, 9.17) is 4.74 Å². The second kappa shape index (κ2) is 15.0. The average molecular weight is 676 g/mol. The number of sulfonamides is 1. The van der Waals surface area contributed by atoms with Crippen LogP contribution in [0.3, 0.4) is 0 Å². The molecule has 0 fully saturated rings. The van der Waals surface area contributed by atoms with Crippen LogP contribution in [0.4, 0.5) is 11.4 Å². The van der Waals surface area contributed by atoms with Crippen LogP contribution in [-0.4, -0.2) is 56.3 Å². The molecule has 0 aliphatic carbocycles. The maximum absolute atomic E-state index is 14.0. The van der Waals surface area contributed by atoms with E-state index in [9.17, 15) is 28.1 Å². The summed E-state index contributed by atoms with van der Waals surface area (Å²) in [7, 11) is -3.02. The van der Waals surface area contributed by atoms with Gasteiger partial charge in [-0.1, -0.05) is 47.5 Å². The number of hydrogen-bond acceptors (Lipinski definition) is 7. The highest BCUT2D eigenvalue weighted by atomic mass is 79.9. The number of benzene rings is 3. The first kappa shape index (κ1) is 33.5. The first-order chi connectivity index (χ1) is 20.4. The van der Waals surface area contributed by atoms with Crippen LogP contribution < -0.4 is 14.4 Å². The van der Waals surface area contributed by atoms with Gasteiger partial charge in [-0.3, -0.25) is 24.0 Å². The molecule has 3 aromatic rings. The predicted molar refractivity (Wildman–Crippen MR) is 167 cm³/mol. The molecule has 11 nitrogen and oxygen atoms in total. The molecule has 0 unspecified atom stereocenters. The molecule has 0 aliphatic heterocycles. The summed E-state index contributed by atoms with van der Waals surface area (Å²) in [6, 6.07) is 15.9.